The smallest absolute Gasteiger partial charge is 0.217 e. The lowest BCUT2D eigenvalue weighted by atomic mass is 10.2. The van der Waals surface area contributed by atoms with Crippen molar-refractivity contribution in [3.05, 3.63) is 36.4 Å². The third kappa shape index (κ3) is 3.77. The number of sulfonamides is 1. The molecule has 0 aliphatic carbocycles. The van der Waals surface area contributed by atoms with Crippen LogP contribution in [0.2, 0.25) is 0 Å². The van der Waals surface area contributed by atoms with Crippen molar-refractivity contribution in [3.63, 3.8) is 0 Å². The summed E-state index contributed by atoms with van der Waals surface area (Å²) in [6.07, 6.45) is 3.45. The van der Waals surface area contributed by atoms with E-state index < -0.39 is 10.0 Å². The molecule has 1 heterocycles. The molecule has 6 heteroatoms. The molecule has 0 bridgehead atoms. The maximum absolute atomic E-state index is 12.1. The fourth-order valence-electron chi connectivity index (χ4n) is 2.42. The van der Waals surface area contributed by atoms with Gasteiger partial charge in [0.2, 0.25) is 10.0 Å². The highest BCUT2D eigenvalue weighted by Gasteiger charge is 2.26. The Morgan fingerprint density at radius 3 is 2.48 bits per heavy atom. The summed E-state index contributed by atoms with van der Waals surface area (Å²) in [4.78, 5) is 2.17. The number of methoxy groups -OCH3 is 1. The highest BCUT2D eigenvalue weighted by molar-refractivity contribution is 7.89. The van der Waals surface area contributed by atoms with Crippen molar-refractivity contribution < 1.29 is 13.2 Å². The zero-order valence-electron chi connectivity index (χ0n) is 12.5. The minimum absolute atomic E-state index is 0.0815. The molecule has 0 amide bonds. The molecular weight excluding hydrogens is 288 g/mol. The van der Waals surface area contributed by atoms with Gasteiger partial charge in [-0.1, -0.05) is 24.3 Å². The van der Waals surface area contributed by atoms with E-state index in [0.29, 0.717) is 26.2 Å². The third-order valence-electron chi connectivity index (χ3n) is 3.60. The molecule has 0 radical (unpaired) electrons. The van der Waals surface area contributed by atoms with Gasteiger partial charge in [-0.2, -0.15) is 4.31 Å². The van der Waals surface area contributed by atoms with Crippen molar-refractivity contribution in [3.8, 4) is 5.75 Å². The van der Waals surface area contributed by atoms with Crippen LogP contribution in [-0.2, 0) is 10.0 Å². The Kier molecular flexibility index (Phi) is 5.25. The Morgan fingerprint density at radius 1 is 1.19 bits per heavy atom. The van der Waals surface area contributed by atoms with Crippen molar-refractivity contribution in [1.82, 2.24) is 4.31 Å². The SMILES string of the molecule is C/C=C/CS(=O)(=O)N1CCN(c2ccccc2OC)CC1. The first-order valence-corrected chi connectivity index (χ1v) is 8.66. The van der Waals surface area contributed by atoms with Crippen molar-refractivity contribution in [1.29, 1.82) is 0 Å². The minimum atomic E-state index is -3.18. The number of nitrogens with zero attached hydrogens (tertiary/aromatic N) is 2. The highest BCUT2D eigenvalue weighted by Crippen LogP contribution is 2.28. The number of hydrogen-bond donors (Lipinski definition) is 0. The highest BCUT2D eigenvalue weighted by atomic mass is 32.2. The summed E-state index contributed by atoms with van der Waals surface area (Å²) >= 11 is 0. The van der Waals surface area contributed by atoms with Crippen LogP contribution in [0, 0.1) is 0 Å². The lowest BCUT2D eigenvalue weighted by molar-refractivity contribution is 0.379. The maximum atomic E-state index is 12.1. The van der Waals surface area contributed by atoms with Gasteiger partial charge in [0.15, 0.2) is 0 Å². The molecule has 0 saturated carbocycles. The summed E-state index contributed by atoms with van der Waals surface area (Å²) in [6.45, 7) is 4.20. The zero-order valence-corrected chi connectivity index (χ0v) is 13.3. The number of ether oxygens (including phenoxy) is 1. The Labute approximate surface area is 126 Å². The number of benzene rings is 1. The second-order valence-electron chi connectivity index (χ2n) is 4.91. The summed E-state index contributed by atoms with van der Waals surface area (Å²) in [5.74, 6) is 0.903. The van der Waals surface area contributed by atoms with Crippen LogP contribution in [0.5, 0.6) is 5.75 Å². The molecule has 1 fully saturated rings. The lowest BCUT2D eigenvalue weighted by Crippen LogP contribution is -2.49. The van der Waals surface area contributed by atoms with E-state index >= 15 is 0 Å². The number of rotatable bonds is 5. The zero-order chi connectivity index (χ0) is 15.3. The molecule has 5 nitrogen and oxygen atoms in total. The second kappa shape index (κ2) is 6.95. The largest absolute Gasteiger partial charge is 0.495 e. The molecule has 21 heavy (non-hydrogen) atoms. The summed E-state index contributed by atoms with van der Waals surface area (Å²) in [5.41, 5.74) is 1.02. The van der Waals surface area contributed by atoms with Crippen molar-refractivity contribution >= 4 is 15.7 Å². The summed E-state index contributed by atoms with van der Waals surface area (Å²) in [6, 6.07) is 7.82. The predicted molar refractivity (Wildman–Crippen MR) is 85.4 cm³/mol. The van der Waals surface area contributed by atoms with Gasteiger partial charge in [0.05, 0.1) is 18.6 Å². The van der Waals surface area contributed by atoms with E-state index in [1.165, 1.54) is 0 Å². The molecule has 1 aromatic rings. The molecule has 1 aliphatic rings. The van der Waals surface area contributed by atoms with Crippen LogP contribution in [0.1, 0.15) is 6.92 Å². The van der Waals surface area contributed by atoms with Crippen LogP contribution in [0.4, 0.5) is 5.69 Å². The van der Waals surface area contributed by atoms with Crippen molar-refractivity contribution in [2.75, 3.05) is 43.9 Å². The molecule has 0 aromatic heterocycles. The van der Waals surface area contributed by atoms with E-state index in [1.54, 1.807) is 23.6 Å². The molecule has 0 spiro atoms. The monoisotopic (exact) mass is 310 g/mol. The van der Waals surface area contributed by atoms with Gasteiger partial charge in [-0.25, -0.2) is 8.42 Å². The number of hydrogen-bond acceptors (Lipinski definition) is 4. The fraction of sp³-hybridized carbons (Fsp3) is 0.467. The van der Waals surface area contributed by atoms with Gasteiger partial charge in [0, 0.05) is 26.2 Å². The molecule has 0 N–H and O–H groups in total. The second-order valence-corrected chi connectivity index (χ2v) is 6.92. The van der Waals surface area contributed by atoms with E-state index in [9.17, 15) is 8.42 Å². The standard InChI is InChI=1S/C15H22N2O3S/c1-3-4-13-21(18,19)17-11-9-16(10-12-17)14-7-5-6-8-15(14)20-2/h3-8H,9-13H2,1-2H3/b4-3+. The van der Waals surface area contributed by atoms with Crippen LogP contribution >= 0.6 is 0 Å². The summed E-state index contributed by atoms with van der Waals surface area (Å²) in [5, 5.41) is 0. The predicted octanol–water partition coefficient (Wildman–Crippen LogP) is 1.72. The quantitative estimate of drug-likeness (QED) is 0.777. The van der Waals surface area contributed by atoms with Gasteiger partial charge in [-0.15, -0.1) is 0 Å². The van der Waals surface area contributed by atoms with Gasteiger partial charge < -0.3 is 9.64 Å². The van der Waals surface area contributed by atoms with Crippen LogP contribution < -0.4 is 9.64 Å². The number of para-hydroxylation sites is 2. The van der Waals surface area contributed by atoms with Crippen molar-refractivity contribution in [2.45, 2.75) is 6.92 Å². The topological polar surface area (TPSA) is 49.9 Å². The molecule has 1 saturated heterocycles. The minimum Gasteiger partial charge on any atom is -0.495 e. The molecule has 1 aliphatic heterocycles. The fourth-order valence-corrected chi connectivity index (χ4v) is 3.79. The first kappa shape index (κ1) is 15.9. The molecule has 1 aromatic carbocycles. The Morgan fingerprint density at radius 2 is 1.86 bits per heavy atom. The lowest BCUT2D eigenvalue weighted by Gasteiger charge is -2.35. The van der Waals surface area contributed by atoms with Crippen molar-refractivity contribution in [2.24, 2.45) is 0 Å². The number of piperazine rings is 1. The molecule has 2 rings (SSSR count). The maximum Gasteiger partial charge on any atom is 0.217 e. The molecule has 0 atom stereocenters. The van der Waals surface area contributed by atoms with E-state index in [-0.39, 0.29) is 5.75 Å². The average Bonchev–Trinajstić information content (AvgIpc) is 2.53. The number of allylic oxidation sites excluding steroid dienone is 1. The normalized spacial score (nSPS) is 17.3. The van der Waals surface area contributed by atoms with E-state index in [0.717, 1.165) is 11.4 Å². The van der Waals surface area contributed by atoms with Crippen LogP contribution in [0.25, 0.3) is 0 Å². The van der Waals surface area contributed by atoms with E-state index in [1.807, 2.05) is 31.2 Å². The molecule has 116 valence electrons. The molecular formula is C15H22N2O3S. The van der Waals surface area contributed by atoms with E-state index in [4.69, 9.17) is 4.74 Å². The van der Waals surface area contributed by atoms with Gasteiger partial charge in [0.1, 0.15) is 5.75 Å². The van der Waals surface area contributed by atoms with Crippen LogP contribution in [-0.4, -0.2) is 51.8 Å². The van der Waals surface area contributed by atoms with Gasteiger partial charge in [0.25, 0.3) is 0 Å². The Hall–Kier alpha value is -1.53. The first-order valence-electron chi connectivity index (χ1n) is 7.05. The summed E-state index contributed by atoms with van der Waals surface area (Å²) < 4.78 is 31.2. The number of anilines is 1. The molecule has 0 unspecified atom stereocenters. The van der Waals surface area contributed by atoms with E-state index in [2.05, 4.69) is 4.90 Å². The van der Waals surface area contributed by atoms with Crippen LogP contribution in [0.15, 0.2) is 36.4 Å². The first-order chi connectivity index (χ1) is 10.1. The van der Waals surface area contributed by atoms with Crippen LogP contribution in [0.3, 0.4) is 0 Å². The van der Waals surface area contributed by atoms with Gasteiger partial charge in [-0.3, -0.25) is 0 Å². The average molecular weight is 310 g/mol. The Bertz CT molecular complexity index is 591. The van der Waals surface area contributed by atoms with Gasteiger partial charge in [-0.05, 0) is 19.1 Å². The van der Waals surface area contributed by atoms with Gasteiger partial charge >= 0.3 is 0 Å². The third-order valence-corrected chi connectivity index (χ3v) is 5.37. The Balaban J connectivity index is 2.03. The summed E-state index contributed by atoms with van der Waals surface area (Å²) in [7, 11) is -1.53.